The Morgan fingerprint density at radius 2 is 1.90 bits per heavy atom. The number of methoxy groups -OCH3 is 1. The summed E-state index contributed by atoms with van der Waals surface area (Å²) in [4.78, 5) is 12.0. The first kappa shape index (κ1) is 14.7. The highest BCUT2D eigenvalue weighted by Crippen LogP contribution is 2.41. The normalized spacial score (nSPS) is 20.1. The Labute approximate surface area is 120 Å². The number of amides is 1. The van der Waals surface area contributed by atoms with Gasteiger partial charge in [0, 0.05) is 11.8 Å². The van der Waals surface area contributed by atoms with E-state index in [1.165, 1.54) is 0 Å². The van der Waals surface area contributed by atoms with E-state index < -0.39 is 5.54 Å². The maximum absolute atomic E-state index is 12.0. The van der Waals surface area contributed by atoms with Crippen LogP contribution in [0.5, 0.6) is 5.75 Å². The van der Waals surface area contributed by atoms with Gasteiger partial charge < -0.3 is 15.8 Å². The van der Waals surface area contributed by atoms with E-state index in [2.05, 4.69) is 19.2 Å². The molecule has 4 heteroatoms. The molecule has 0 saturated heterocycles. The van der Waals surface area contributed by atoms with Gasteiger partial charge in [0.15, 0.2) is 0 Å². The predicted molar refractivity (Wildman–Crippen MR) is 80.8 cm³/mol. The zero-order valence-electron chi connectivity index (χ0n) is 12.5. The van der Waals surface area contributed by atoms with E-state index in [1.54, 1.807) is 7.11 Å². The highest BCUT2D eigenvalue weighted by molar-refractivity contribution is 5.88. The van der Waals surface area contributed by atoms with Gasteiger partial charge >= 0.3 is 0 Å². The van der Waals surface area contributed by atoms with Gasteiger partial charge in [-0.3, -0.25) is 4.79 Å². The molecule has 0 spiro atoms. The number of rotatable bonds is 4. The third-order valence-corrected chi connectivity index (χ3v) is 4.38. The quantitative estimate of drug-likeness (QED) is 0.888. The van der Waals surface area contributed by atoms with Crippen molar-refractivity contribution in [3.63, 3.8) is 0 Å². The van der Waals surface area contributed by atoms with Gasteiger partial charge in [-0.15, -0.1) is 0 Å². The second kappa shape index (κ2) is 5.35. The molecule has 1 aliphatic carbocycles. The van der Waals surface area contributed by atoms with Crippen LogP contribution in [0.25, 0.3) is 0 Å². The third-order valence-electron chi connectivity index (χ3n) is 4.38. The van der Waals surface area contributed by atoms with E-state index in [4.69, 9.17) is 10.5 Å². The second-order valence-corrected chi connectivity index (χ2v) is 6.47. The number of benzene rings is 1. The number of carbonyl (C=O) groups is 1. The monoisotopic (exact) mass is 276 g/mol. The van der Waals surface area contributed by atoms with Crippen LogP contribution in [0.15, 0.2) is 24.3 Å². The lowest BCUT2D eigenvalue weighted by atomic mass is 9.69. The lowest BCUT2D eigenvalue weighted by molar-refractivity contribution is -0.124. The molecule has 1 amide bonds. The molecule has 3 N–H and O–H groups in total. The Morgan fingerprint density at radius 3 is 2.45 bits per heavy atom. The van der Waals surface area contributed by atoms with Crippen LogP contribution in [0.1, 0.15) is 39.5 Å². The summed E-state index contributed by atoms with van der Waals surface area (Å²) >= 11 is 0. The van der Waals surface area contributed by atoms with Crippen molar-refractivity contribution in [2.75, 3.05) is 12.4 Å². The number of primary amides is 1. The Hall–Kier alpha value is -1.71. The maximum atomic E-state index is 12.0. The van der Waals surface area contributed by atoms with E-state index in [0.717, 1.165) is 37.1 Å². The van der Waals surface area contributed by atoms with E-state index in [1.807, 2.05) is 24.3 Å². The lowest BCUT2D eigenvalue weighted by Gasteiger charge is -2.42. The molecular weight excluding hydrogens is 252 g/mol. The molecule has 1 aromatic carbocycles. The van der Waals surface area contributed by atoms with Gasteiger partial charge in [0.05, 0.1) is 7.11 Å². The Morgan fingerprint density at radius 1 is 1.25 bits per heavy atom. The minimum absolute atomic E-state index is 0.268. The van der Waals surface area contributed by atoms with Gasteiger partial charge in [-0.1, -0.05) is 19.9 Å². The minimum Gasteiger partial charge on any atom is -0.497 e. The SMILES string of the molecule is COc1cccc(NC2(C(N)=O)CCC(C)(C)CC2)c1. The molecule has 0 aromatic heterocycles. The molecule has 1 fully saturated rings. The highest BCUT2D eigenvalue weighted by Gasteiger charge is 2.42. The zero-order valence-corrected chi connectivity index (χ0v) is 12.5. The molecule has 2 rings (SSSR count). The van der Waals surface area contributed by atoms with Crippen molar-refractivity contribution >= 4 is 11.6 Å². The number of nitrogens with one attached hydrogen (secondary N) is 1. The number of nitrogens with two attached hydrogens (primary N) is 1. The van der Waals surface area contributed by atoms with Crippen molar-refractivity contribution < 1.29 is 9.53 Å². The first-order valence-corrected chi connectivity index (χ1v) is 7.09. The third kappa shape index (κ3) is 3.06. The molecule has 0 unspecified atom stereocenters. The van der Waals surface area contributed by atoms with Gasteiger partial charge in [0.2, 0.25) is 5.91 Å². The fraction of sp³-hybridized carbons (Fsp3) is 0.562. The Balaban J connectivity index is 2.20. The summed E-state index contributed by atoms with van der Waals surface area (Å²) in [5.41, 5.74) is 6.20. The standard InChI is InChI=1S/C16H24N2O2/c1-15(2)7-9-16(10-8-15,14(17)19)18-12-5-4-6-13(11-12)20-3/h4-6,11,18H,7-10H2,1-3H3,(H2,17,19). The first-order chi connectivity index (χ1) is 9.37. The van der Waals surface area contributed by atoms with E-state index in [9.17, 15) is 4.79 Å². The van der Waals surface area contributed by atoms with Crippen molar-refractivity contribution in [2.45, 2.75) is 45.1 Å². The van der Waals surface area contributed by atoms with E-state index in [-0.39, 0.29) is 11.3 Å². The van der Waals surface area contributed by atoms with Gasteiger partial charge in [-0.25, -0.2) is 0 Å². The minimum atomic E-state index is -0.637. The average molecular weight is 276 g/mol. The molecule has 0 radical (unpaired) electrons. The van der Waals surface area contributed by atoms with Gasteiger partial charge in [0.1, 0.15) is 11.3 Å². The summed E-state index contributed by atoms with van der Waals surface area (Å²) in [6, 6.07) is 7.62. The van der Waals surface area contributed by atoms with Crippen molar-refractivity contribution in [3.05, 3.63) is 24.3 Å². The number of anilines is 1. The van der Waals surface area contributed by atoms with Gasteiger partial charge in [0.25, 0.3) is 0 Å². The van der Waals surface area contributed by atoms with Crippen molar-refractivity contribution in [2.24, 2.45) is 11.1 Å². The van der Waals surface area contributed by atoms with E-state index in [0.29, 0.717) is 0 Å². The average Bonchev–Trinajstić information content (AvgIpc) is 2.41. The molecule has 0 bridgehead atoms. The van der Waals surface area contributed by atoms with Crippen LogP contribution < -0.4 is 15.8 Å². The zero-order chi connectivity index (χ0) is 14.8. The van der Waals surface area contributed by atoms with Crippen molar-refractivity contribution in [1.82, 2.24) is 0 Å². The molecule has 0 aliphatic heterocycles. The van der Waals surface area contributed by atoms with Crippen LogP contribution in [-0.2, 0) is 4.79 Å². The summed E-state index contributed by atoms with van der Waals surface area (Å²) in [6.07, 6.45) is 3.53. The highest BCUT2D eigenvalue weighted by atomic mass is 16.5. The van der Waals surface area contributed by atoms with Gasteiger partial charge in [-0.2, -0.15) is 0 Å². The maximum Gasteiger partial charge on any atom is 0.243 e. The van der Waals surface area contributed by atoms with Gasteiger partial charge in [-0.05, 0) is 43.2 Å². The molecule has 1 aromatic rings. The molecule has 20 heavy (non-hydrogen) atoms. The smallest absolute Gasteiger partial charge is 0.243 e. The molecule has 1 saturated carbocycles. The van der Waals surface area contributed by atoms with Crippen LogP contribution >= 0.6 is 0 Å². The number of hydrogen-bond acceptors (Lipinski definition) is 3. The van der Waals surface area contributed by atoms with Crippen LogP contribution in [0.2, 0.25) is 0 Å². The fourth-order valence-electron chi connectivity index (χ4n) is 2.76. The predicted octanol–water partition coefficient (Wildman–Crippen LogP) is 2.93. The lowest BCUT2D eigenvalue weighted by Crippen LogP contribution is -2.53. The summed E-state index contributed by atoms with van der Waals surface area (Å²) in [6.45, 7) is 4.48. The van der Waals surface area contributed by atoms with Crippen LogP contribution in [-0.4, -0.2) is 18.6 Å². The topological polar surface area (TPSA) is 64.3 Å². The van der Waals surface area contributed by atoms with E-state index >= 15 is 0 Å². The van der Waals surface area contributed by atoms with Crippen molar-refractivity contribution in [1.29, 1.82) is 0 Å². The molecule has 0 heterocycles. The first-order valence-electron chi connectivity index (χ1n) is 7.09. The number of carbonyl (C=O) groups excluding carboxylic acids is 1. The molecule has 4 nitrogen and oxygen atoms in total. The largest absolute Gasteiger partial charge is 0.497 e. The van der Waals surface area contributed by atoms with Crippen LogP contribution in [0.4, 0.5) is 5.69 Å². The Bertz CT molecular complexity index is 487. The number of ether oxygens (including phenoxy) is 1. The summed E-state index contributed by atoms with van der Waals surface area (Å²) in [7, 11) is 1.63. The van der Waals surface area contributed by atoms with Crippen LogP contribution in [0.3, 0.4) is 0 Å². The summed E-state index contributed by atoms with van der Waals surface area (Å²) in [5.74, 6) is 0.501. The van der Waals surface area contributed by atoms with Crippen molar-refractivity contribution in [3.8, 4) is 5.75 Å². The van der Waals surface area contributed by atoms with Crippen LogP contribution in [0, 0.1) is 5.41 Å². The summed E-state index contributed by atoms with van der Waals surface area (Å²) in [5, 5.41) is 3.35. The molecular formula is C16H24N2O2. The summed E-state index contributed by atoms with van der Waals surface area (Å²) < 4.78 is 5.21. The number of hydrogen-bond donors (Lipinski definition) is 2. The Kier molecular flexibility index (Phi) is 3.93. The molecule has 110 valence electrons. The second-order valence-electron chi connectivity index (χ2n) is 6.47. The fourth-order valence-corrected chi connectivity index (χ4v) is 2.76. The molecule has 0 atom stereocenters. The molecule has 1 aliphatic rings.